The summed E-state index contributed by atoms with van der Waals surface area (Å²) in [5.74, 6) is -2.70. The van der Waals surface area contributed by atoms with Gasteiger partial charge in [0.2, 0.25) is 0 Å². The predicted molar refractivity (Wildman–Crippen MR) is 140 cm³/mol. The quantitative estimate of drug-likeness (QED) is 0.458. The van der Waals surface area contributed by atoms with Crippen molar-refractivity contribution in [2.75, 3.05) is 32.7 Å². The molecule has 0 spiro atoms. The number of carboxylic acids is 2. The first-order valence-electron chi connectivity index (χ1n) is 11.9. The van der Waals surface area contributed by atoms with Crippen molar-refractivity contribution in [2.45, 2.75) is 13.2 Å². The van der Waals surface area contributed by atoms with Gasteiger partial charge >= 0.3 is 11.9 Å². The molecule has 36 heavy (non-hydrogen) atoms. The lowest BCUT2D eigenvalue weighted by molar-refractivity contribution is -0.159. The number of aliphatic carboxylic acids is 2. The van der Waals surface area contributed by atoms with Crippen LogP contribution < -0.4 is 4.74 Å². The zero-order chi connectivity index (χ0) is 25.6. The fraction of sp³-hybridized carbons (Fsp3) is 0.241. The van der Waals surface area contributed by atoms with Gasteiger partial charge in [-0.2, -0.15) is 0 Å². The second kappa shape index (κ2) is 14.5. The van der Waals surface area contributed by atoms with Crippen molar-refractivity contribution in [1.82, 2.24) is 9.80 Å². The van der Waals surface area contributed by atoms with E-state index in [1.165, 1.54) is 16.7 Å². The minimum Gasteiger partial charge on any atom is -0.489 e. The third kappa shape index (κ3) is 9.74. The summed E-state index contributed by atoms with van der Waals surface area (Å²) in [6, 6.07) is 29.4. The summed E-state index contributed by atoms with van der Waals surface area (Å²) in [5.41, 5.74) is 3.78. The molecule has 1 aliphatic heterocycles. The molecular weight excluding hydrogens is 456 g/mol. The van der Waals surface area contributed by atoms with Crippen LogP contribution in [0.5, 0.6) is 5.75 Å². The molecular formula is C29H32N2O5. The van der Waals surface area contributed by atoms with E-state index >= 15 is 0 Å². The second-order valence-corrected chi connectivity index (χ2v) is 8.42. The number of piperazine rings is 1. The Morgan fingerprint density at radius 3 is 1.97 bits per heavy atom. The number of nitrogens with zero attached hydrogens (tertiary/aromatic N) is 2. The number of benzene rings is 3. The molecule has 3 aromatic rings. The molecule has 0 aromatic heterocycles. The predicted octanol–water partition coefficient (Wildman–Crippen LogP) is 4.25. The standard InChI is InChI=1S/C27H30N2O.C2H2O4/c1-3-9-24(10-4-1)14-8-16-28-17-19-29(20-18-28)22-26-13-7-15-27(21-26)30-23-25-11-5-2-6-12-25;3-1(4)2(5)6/h1-15,21H,16-20,22-23H2;(H,3,4)(H,5,6)/b14-8+;. The van der Waals surface area contributed by atoms with Crippen molar-refractivity contribution in [2.24, 2.45) is 0 Å². The second-order valence-electron chi connectivity index (χ2n) is 8.42. The van der Waals surface area contributed by atoms with Crippen LogP contribution in [0.2, 0.25) is 0 Å². The van der Waals surface area contributed by atoms with E-state index in [1.54, 1.807) is 0 Å². The van der Waals surface area contributed by atoms with Crippen LogP contribution in [0, 0.1) is 0 Å². The fourth-order valence-corrected chi connectivity index (χ4v) is 3.76. The summed E-state index contributed by atoms with van der Waals surface area (Å²) in [6.45, 7) is 7.05. The van der Waals surface area contributed by atoms with Crippen LogP contribution in [0.15, 0.2) is 91.0 Å². The zero-order valence-electron chi connectivity index (χ0n) is 20.2. The van der Waals surface area contributed by atoms with Gasteiger partial charge in [-0.05, 0) is 28.8 Å². The molecule has 0 aliphatic carbocycles. The molecule has 1 saturated heterocycles. The van der Waals surface area contributed by atoms with Gasteiger partial charge < -0.3 is 14.9 Å². The van der Waals surface area contributed by atoms with Gasteiger partial charge in [0.25, 0.3) is 0 Å². The van der Waals surface area contributed by atoms with E-state index in [9.17, 15) is 0 Å². The minimum atomic E-state index is -1.82. The van der Waals surface area contributed by atoms with Crippen molar-refractivity contribution in [3.8, 4) is 5.75 Å². The van der Waals surface area contributed by atoms with Crippen LogP contribution in [0.1, 0.15) is 16.7 Å². The molecule has 0 radical (unpaired) electrons. The van der Waals surface area contributed by atoms with Crippen molar-refractivity contribution >= 4 is 18.0 Å². The molecule has 188 valence electrons. The van der Waals surface area contributed by atoms with Gasteiger partial charge in [-0.25, -0.2) is 9.59 Å². The lowest BCUT2D eigenvalue weighted by Crippen LogP contribution is -2.45. The number of carbonyl (C=O) groups is 2. The van der Waals surface area contributed by atoms with Crippen LogP contribution in [0.4, 0.5) is 0 Å². The Labute approximate surface area is 211 Å². The summed E-state index contributed by atoms with van der Waals surface area (Å²) in [4.78, 5) is 23.3. The van der Waals surface area contributed by atoms with Gasteiger partial charge in [0.05, 0.1) is 0 Å². The van der Waals surface area contributed by atoms with E-state index in [4.69, 9.17) is 24.5 Å². The maximum atomic E-state index is 9.10. The SMILES string of the molecule is C(=C\c1ccccc1)/CN1CCN(Cc2cccc(OCc3ccccc3)c2)CC1.O=C(O)C(=O)O. The Morgan fingerprint density at radius 1 is 0.750 bits per heavy atom. The largest absolute Gasteiger partial charge is 0.489 e. The van der Waals surface area contributed by atoms with Crippen LogP contribution in [0.25, 0.3) is 6.08 Å². The van der Waals surface area contributed by atoms with E-state index in [-0.39, 0.29) is 0 Å². The molecule has 7 heteroatoms. The van der Waals surface area contributed by atoms with Crippen LogP contribution >= 0.6 is 0 Å². The average molecular weight is 489 g/mol. The van der Waals surface area contributed by atoms with E-state index in [0.29, 0.717) is 6.61 Å². The monoisotopic (exact) mass is 488 g/mol. The molecule has 1 aliphatic rings. The molecule has 4 rings (SSSR count). The first-order chi connectivity index (χ1) is 17.5. The molecule has 0 amide bonds. The highest BCUT2D eigenvalue weighted by atomic mass is 16.5. The number of carboxylic acid groups (broad SMARTS) is 2. The van der Waals surface area contributed by atoms with Crippen molar-refractivity contribution in [3.63, 3.8) is 0 Å². The van der Waals surface area contributed by atoms with Crippen molar-refractivity contribution in [1.29, 1.82) is 0 Å². The smallest absolute Gasteiger partial charge is 0.414 e. The van der Waals surface area contributed by atoms with Gasteiger partial charge in [-0.3, -0.25) is 9.80 Å². The lowest BCUT2D eigenvalue weighted by Gasteiger charge is -2.34. The summed E-state index contributed by atoms with van der Waals surface area (Å²) in [5, 5.41) is 14.8. The van der Waals surface area contributed by atoms with E-state index in [0.717, 1.165) is 45.0 Å². The van der Waals surface area contributed by atoms with Gasteiger partial charge in [0, 0.05) is 39.3 Å². The van der Waals surface area contributed by atoms with Crippen LogP contribution in [-0.2, 0) is 22.7 Å². The molecule has 0 bridgehead atoms. The number of ether oxygens (including phenoxy) is 1. The first kappa shape index (κ1) is 26.7. The minimum absolute atomic E-state index is 0.611. The van der Waals surface area contributed by atoms with E-state index < -0.39 is 11.9 Å². The Balaban J connectivity index is 0.000000538. The topological polar surface area (TPSA) is 90.3 Å². The Bertz CT molecular complexity index is 1100. The maximum absolute atomic E-state index is 9.10. The van der Waals surface area contributed by atoms with Crippen LogP contribution in [-0.4, -0.2) is 64.7 Å². The Hall–Kier alpha value is -3.94. The molecule has 0 unspecified atom stereocenters. The van der Waals surface area contributed by atoms with Gasteiger partial charge in [0.1, 0.15) is 12.4 Å². The third-order valence-corrected chi connectivity index (χ3v) is 5.67. The van der Waals surface area contributed by atoms with Crippen LogP contribution in [0.3, 0.4) is 0 Å². The molecule has 1 fully saturated rings. The summed E-state index contributed by atoms with van der Waals surface area (Å²) >= 11 is 0. The molecule has 0 saturated carbocycles. The molecule has 7 nitrogen and oxygen atoms in total. The van der Waals surface area contributed by atoms with Crippen molar-refractivity contribution < 1.29 is 24.5 Å². The first-order valence-corrected chi connectivity index (χ1v) is 11.9. The molecule has 3 aromatic carbocycles. The number of rotatable bonds is 8. The van der Waals surface area contributed by atoms with E-state index in [2.05, 4.69) is 82.6 Å². The highest BCUT2D eigenvalue weighted by Crippen LogP contribution is 2.17. The fourth-order valence-electron chi connectivity index (χ4n) is 3.76. The van der Waals surface area contributed by atoms with Crippen molar-refractivity contribution in [3.05, 3.63) is 108 Å². The normalized spacial score (nSPS) is 14.1. The van der Waals surface area contributed by atoms with Gasteiger partial charge in [-0.15, -0.1) is 0 Å². The van der Waals surface area contributed by atoms with E-state index in [1.807, 2.05) is 24.3 Å². The maximum Gasteiger partial charge on any atom is 0.414 e. The highest BCUT2D eigenvalue weighted by Gasteiger charge is 2.16. The Kier molecular flexibility index (Phi) is 10.7. The lowest BCUT2D eigenvalue weighted by atomic mass is 10.2. The average Bonchev–Trinajstić information content (AvgIpc) is 2.90. The zero-order valence-corrected chi connectivity index (χ0v) is 20.2. The Morgan fingerprint density at radius 2 is 1.33 bits per heavy atom. The summed E-state index contributed by atoms with van der Waals surface area (Å²) in [6.07, 6.45) is 4.49. The molecule has 1 heterocycles. The summed E-state index contributed by atoms with van der Waals surface area (Å²) in [7, 11) is 0. The molecule has 2 N–H and O–H groups in total. The highest BCUT2D eigenvalue weighted by molar-refractivity contribution is 6.27. The van der Waals surface area contributed by atoms with Gasteiger partial charge in [0.15, 0.2) is 0 Å². The van der Waals surface area contributed by atoms with Gasteiger partial charge in [-0.1, -0.05) is 84.9 Å². The summed E-state index contributed by atoms with van der Waals surface area (Å²) < 4.78 is 5.99. The molecule has 0 atom stereocenters. The number of hydrogen-bond acceptors (Lipinski definition) is 5. The number of hydrogen-bond donors (Lipinski definition) is 2. The third-order valence-electron chi connectivity index (χ3n) is 5.67.